The summed E-state index contributed by atoms with van der Waals surface area (Å²) in [6.07, 6.45) is 0. The average molecular weight is 271 g/mol. The summed E-state index contributed by atoms with van der Waals surface area (Å²) in [5, 5.41) is 2.90. The molecule has 0 aliphatic rings. The van der Waals surface area contributed by atoms with E-state index in [-0.39, 0.29) is 12.5 Å². The molecular formula is C14H19F2NO2. The summed E-state index contributed by atoms with van der Waals surface area (Å²) in [4.78, 5) is 11.7. The van der Waals surface area contributed by atoms with Crippen molar-refractivity contribution in [3.8, 4) is 0 Å². The summed E-state index contributed by atoms with van der Waals surface area (Å²) in [5.74, 6) is -2.16. The molecule has 1 unspecified atom stereocenters. The molecule has 0 bridgehead atoms. The molecule has 5 heteroatoms. The Morgan fingerprint density at radius 2 is 1.95 bits per heavy atom. The van der Waals surface area contributed by atoms with Gasteiger partial charge in [0.25, 0.3) is 0 Å². The van der Waals surface area contributed by atoms with Gasteiger partial charge in [-0.3, -0.25) is 4.79 Å². The maximum absolute atomic E-state index is 13.0. The highest BCUT2D eigenvalue weighted by atomic mass is 19.2. The molecule has 0 saturated carbocycles. The summed E-state index contributed by atoms with van der Waals surface area (Å²) < 4.78 is 30.9. The molecule has 0 aliphatic carbocycles. The number of nitrogens with one attached hydrogen (secondary N) is 1. The SMILES string of the molecule is CC(NCc1ccc(F)c(F)c1)C(=O)OC(C)(C)C. The van der Waals surface area contributed by atoms with Gasteiger partial charge in [-0.15, -0.1) is 0 Å². The molecule has 0 saturated heterocycles. The molecular weight excluding hydrogens is 252 g/mol. The van der Waals surface area contributed by atoms with Crippen LogP contribution in [0.3, 0.4) is 0 Å². The van der Waals surface area contributed by atoms with Crippen LogP contribution in [0.5, 0.6) is 0 Å². The second-order valence-electron chi connectivity index (χ2n) is 5.38. The number of hydrogen-bond acceptors (Lipinski definition) is 3. The molecule has 0 aliphatic heterocycles. The normalized spacial score (nSPS) is 13.2. The topological polar surface area (TPSA) is 38.3 Å². The van der Waals surface area contributed by atoms with E-state index in [2.05, 4.69) is 5.32 Å². The average Bonchev–Trinajstić information content (AvgIpc) is 2.28. The lowest BCUT2D eigenvalue weighted by Gasteiger charge is -2.22. The minimum absolute atomic E-state index is 0.262. The largest absolute Gasteiger partial charge is 0.459 e. The van der Waals surface area contributed by atoms with E-state index in [1.807, 2.05) is 0 Å². The number of esters is 1. The Labute approximate surface area is 112 Å². The van der Waals surface area contributed by atoms with E-state index in [1.54, 1.807) is 27.7 Å². The molecule has 106 valence electrons. The fraction of sp³-hybridized carbons (Fsp3) is 0.500. The van der Waals surface area contributed by atoms with Gasteiger partial charge in [-0.1, -0.05) is 6.07 Å². The highest BCUT2D eigenvalue weighted by Crippen LogP contribution is 2.10. The number of halogens is 2. The van der Waals surface area contributed by atoms with Crippen molar-refractivity contribution in [1.82, 2.24) is 5.32 Å². The van der Waals surface area contributed by atoms with E-state index in [0.717, 1.165) is 12.1 Å². The van der Waals surface area contributed by atoms with Crippen LogP contribution >= 0.6 is 0 Å². The number of ether oxygens (including phenoxy) is 1. The highest BCUT2D eigenvalue weighted by molar-refractivity contribution is 5.75. The molecule has 0 radical (unpaired) electrons. The fourth-order valence-electron chi connectivity index (χ4n) is 1.39. The van der Waals surface area contributed by atoms with Crippen molar-refractivity contribution in [1.29, 1.82) is 0 Å². The predicted octanol–water partition coefficient (Wildman–Crippen LogP) is 2.78. The molecule has 1 aromatic carbocycles. The maximum atomic E-state index is 13.0. The van der Waals surface area contributed by atoms with Gasteiger partial charge >= 0.3 is 5.97 Å². The molecule has 3 nitrogen and oxygen atoms in total. The zero-order valence-electron chi connectivity index (χ0n) is 11.6. The van der Waals surface area contributed by atoms with E-state index in [4.69, 9.17) is 4.74 Å². The third-order valence-electron chi connectivity index (χ3n) is 2.36. The van der Waals surface area contributed by atoms with E-state index >= 15 is 0 Å². The van der Waals surface area contributed by atoms with Crippen LogP contribution in [0.1, 0.15) is 33.3 Å². The van der Waals surface area contributed by atoms with Crippen LogP contribution in [0.2, 0.25) is 0 Å². The van der Waals surface area contributed by atoms with Crippen LogP contribution in [0, 0.1) is 11.6 Å². The predicted molar refractivity (Wildman–Crippen MR) is 68.5 cm³/mol. The minimum Gasteiger partial charge on any atom is -0.459 e. The van der Waals surface area contributed by atoms with Gasteiger partial charge in [-0.2, -0.15) is 0 Å². The standard InChI is InChI=1S/C14H19F2NO2/c1-9(13(18)19-14(2,3)4)17-8-10-5-6-11(15)12(16)7-10/h5-7,9,17H,8H2,1-4H3. The smallest absolute Gasteiger partial charge is 0.323 e. The van der Waals surface area contributed by atoms with E-state index in [0.29, 0.717) is 5.56 Å². The lowest BCUT2D eigenvalue weighted by molar-refractivity contribution is -0.157. The van der Waals surface area contributed by atoms with Crippen LogP contribution in [0.25, 0.3) is 0 Å². The molecule has 0 fully saturated rings. The van der Waals surface area contributed by atoms with Crippen molar-refractivity contribution < 1.29 is 18.3 Å². The fourth-order valence-corrected chi connectivity index (χ4v) is 1.39. The zero-order chi connectivity index (χ0) is 14.6. The van der Waals surface area contributed by atoms with Crippen molar-refractivity contribution in [3.05, 3.63) is 35.4 Å². The maximum Gasteiger partial charge on any atom is 0.323 e. The van der Waals surface area contributed by atoms with Gasteiger partial charge < -0.3 is 10.1 Å². The number of carbonyl (C=O) groups is 1. The molecule has 0 aromatic heterocycles. The van der Waals surface area contributed by atoms with Crippen LogP contribution in [-0.4, -0.2) is 17.6 Å². The Morgan fingerprint density at radius 3 is 2.47 bits per heavy atom. The summed E-state index contributed by atoms with van der Waals surface area (Å²) in [5.41, 5.74) is 0.0176. The first-order chi connectivity index (χ1) is 8.69. The summed E-state index contributed by atoms with van der Waals surface area (Å²) in [7, 11) is 0. The molecule has 0 amide bonds. The first kappa shape index (κ1) is 15.6. The lowest BCUT2D eigenvalue weighted by Crippen LogP contribution is -2.38. The quantitative estimate of drug-likeness (QED) is 0.856. The zero-order valence-corrected chi connectivity index (χ0v) is 11.6. The van der Waals surface area contributed by atoms with Crippen LogP contribution < -0.4 is 5.32 Å². The van der Waals surface area contributed by atoms with E-state index in [9.17, 15) is 13.6 Å². The number of rotatable bonds is 4. The van der Waals surface area contributed by atoms with Gasteiger partial charge in [-0.05, 0) is 45.4 Å². The Morgan fingerprint density at radius 1 is 1.32 bits per heavy atom. The third kappa shape index (κ3) is 5.34. The Kier molecular flexibility index (Phi) is 5.00. The van der Waals surface area contributed by atoms with Crippen molar-refractivity contribution in [3.63, 3.8) is 0 Å². The Bertz CT molecular complexity index is 455. The number of hydrogen-bond donors (Lipinski definition) is 1. The minimum atomic E-state index is -0.899. The molecule has 0 spiro atoms. The molecule has 1 rings (SSSR count). The third-order valence-corrected chi connectivity index (χ3v) is 2.36. The molecule has 0 heterocycles. The molecule has 1 N–H and O–H groups in total. The first-order valence-corrected chi connectivity index (χ1v) is 6.09. The van der Waals surface area contributed by atoms with Gasteiger partial charge in [0, 0.05) is 6.54 Å². The monoisotopic (exact) mass is 271 g/mol. The molecule has 1 aromatic rings. The van der Waals surface area contributed by atoms with Crippen molar-refractivity contribution in [2.45, 2.75) is 45.9 Å². The summed E-state index contributed by atoms with van der Waals surface area (Å²) in [6.45, 7) is 7.28. The Hall–Kier alpha value is -1.49. The van der Waals surface area contributed by atoms with Crippen molar-refractivity contribution >= 4 is 5.97 Å². The highest BCUT2D eigenvalue weighted by Gasteiger charge is 2.21. The van der Waals surface area contributed by atoms with Gasteiger partial charge in [0.1, 0.15) is 11.6 Å². The second kappa shape index (κ2) is 6.10. The van der Waals surface area contributed by atoms with Gasteiger partial charge in [0.2, 0.25) is 0 Å². The van der Waals surface area contributed by atoms with Crippen molar-refractivity contribution in [2.75, 3.05) is 0 Å². The summed E-state index contributed by atoms with van der Waals surface area (Å²) >= 11 is 0. The molecule has 19 heavy (non-hydrogen) atoms. The first-order valence-electron chi connectivity index (χ1n) is 6.09. The van der Waals surface area contributed by atoms with Gasteiger partial charge in [0.05, 0.1) is 0 Å². The van der Waals surface area contributed by atoms with Crippen LogP contribution in [0.4, 0.5) is 8.78 Å². The van der Waals surface area contributed by atoms with Gasteiger partial charge in [-0.25, -0.2) is 8.78 Å². The van der Waals surface area contributed by atoms with E-state index < -0.39 is 23.3 Å². The van der Waals surface area contributed by atoms with E-state index in [1.165, 1.54) is 6.07 Å². The lowest BCUT2D eigenvalue weighted by atomic mass is 10.2. The molecule has 1 atom stereocenters. The second-order valence-corrected chi connectivity index (χ2v) is 5.38. The van der Waals surface area contributed by atoms with Crippen molar-refractivity contribution in [2.24, 2.45) is 0 Å². The van der Waals surface area contributed by atoms with Crippen LogP contribution in [-0.2, 0) is 16.1 Å². The number of benzene rings is 1. The van der Waals surface area contributed by atoms with Gasteiger partial charge in [0.15, 0.2) is 11.6 Å². The number of carbonyl (C=O) groups excluding carboxylic acids is 1. The Balaban J connectivity index is 2.52. The summed E-state index contributed by atoms with van der Waals surface area (Å²) in [6, 6.07) is 3.11. The van der Waals surface area contributed by atoms with Crippen LogP contribution in [0.15, 0.2) is 18.2 Å².